The number of hydrogen-bond acceptors (Lipinski definition) is 5. The molecule has 5 heteroatoms. The zero-order chi connectivity index (χ0) is 12.4. The molecule has 1 aromatic heterocycles. The van der Waals surface area contributed by atoms with Gasteiger partial charge in [0.25, 0.3) is 0 Å². The predicted molar refractivity (Wildman–Crippen MR) is 73.2 cm³/mol. The van der Waals surface area contributed by atoms with Crippen molar-refractivity contribution in [3.63, 3.8) is 0 Å². The summed E-state index contributed by atoms with van der Waals surface area (Å²) in [4.78, 5) is 6.99. The number of piperazine rings is 1. The second-order valence-corrected chi connectivity index (χ2v) is 5.23. The number of rotatable bonds is 2. The van der Waals surface area contributed by atoms with Gasteiger partial charge in [0.15, 0.2) is 11.6 Å². The molecule has 0 saturated carbocycles. The minimum absolute atomic E-state index is 1.02. The Morgan fingerprint density at radius 3 is 1.78 bits per heavy atom. The predicted octanol–water partition coefficient (Wildman–Crippen LogP) is 0.829. The monoisotopic (exact) mass is 247 g/mol. The third-order valence-corrected chi connectivity index (χ3v) is 3.89. The van der Waals surface area contributed by atoms with Crippen LogP contribution in [0.25, 0.3) is 0 Å². The van der Waals surface area contributed by atoms with E-state index in [-0.39, 0.29) is 0 Å². The van der Waals surface area contributed by atoms with Crippen LogP contribution in [0.2, 0.25) is 0 Å². The van der Waals surface area contributed by atoms with Gasteiger partial charge in [-0.05, 0) is 32.0 Å². The topological polar surface area (TPSA) is 35.5 Å². The molecule has 2 saturated heterocycles. The largest absolute Gasteiger partial charge is 0.355 e. The SMILES string of the molecule is CN1CCN(c2ccc(N3CCCC3)nn2)CC1. The lowest BCUT2D eigenvalue weighted by molar-refractivity contribution is 0.312. The van der Waals surface area contributed by atoms with Crippen LogP contribution in [0.1, 0.15) is 12.8 Å². The molecule has 2 aliphatic rings. The van der Waals surface area contributed by atoms with Crippen molar-refractivity contribution in [3.05, 3.63) is 12.1 Å². The van der Waals surface area contributed by atoms with Gasteiger partial charge in [0, 0.05) is 39.3 Å². The maximum absolute atomic E-state index is 4.39. The van der Waals surface area contributed by atoms with Crippen molar-refractivity contribution in [2.24, 2.45) is 0 Å². The molecule has 5 nitrogen and oxygen atoms in total. The van der Waals surface area contributed by atoms with Gasteiger partial charge in [0.2, 0.25) is 0 Å². The minimum atomic E-state index is 1.02. The molecule has 0 atom stereocenters. The summed E-state index contributed by atoms with van der Waals surface area (Å²) in [6, 6.07) is 4.23. The highest BCUT2D eigenvalue weighted by Gasteiger charge is 2.17. The zero-order valence-electron chi connectivity index (χ0n) is 11.0. The molecule has 0 aliphatic carbocycles. The Bertz CT molecular complexity index is 377. The molecule has 98 valence electrons. The smallest absolute Gasteiger partial charge is 0.151 e. The average molecular weight is 247 g/mol. The van der Waals surface area contributed by atoms with E-state index in [1.807, 2.05) is 0 Å². The highest BCUT2D eigenvalue weighted by molar-refractivity contribution is 5.45. The molecular formula is C13H21N5. The quantitative estimate of drug-likeness (QED) is 0.773. The molecule has 1 aromatic rings. The van der Waals surface area contributed by atoms with E-state index in [1.54, 1.807) is 0 Å². The van der Waals surface area contributed by atoms with Crippen LogP contribution in [0, 0.1) is 0 Å². The molecule has 0 spiro atoms. The molecule has 3 heterocycles. The van der Waals surface area contributed by atoms with Gasteiger partial charge in [-0.15, -0.1) is 10.2 Å². The molecule has 0 bridgehead atoms. The molecule has 2 fully saturated rings. The Hall–Kier alpha value is -1.36. The van der Waals surface area contributed by atoms with E-state index in [2.05, 4.69) is 44.1 Å². The summed E-state index contributed by atoms with van der Waals surface area (Å²) < 4.78 is 0. The summed E-state index contributed by atoms with van der Waals surface area (Å²) >= 11 is 0. The first-order valence-corrected chi connectivity index (χ1v) is 6.85. The summed E-state index contributed by atoms with van der Waals surface area (Å²) in [5, 5.41) is 8.76. The van der Waals surface area contributed by atoms with Crippen molar-refractivity contribution in [2.75, 3.05) is 56.1 Å². The number of nitrogens with zero attached hydrogens (tertiary/aromatic N) is 5. The summed E-state index contributed by atoms with van der Waals surface area (Å²) in [5.41, 5.74) is 0. The normalized spacial score (nSPS) is 21.6. The van der Waals surface area contributed by atoms with Crippen LogP contribution in [0.5, 0.6) is 0 Å². The van der Waals surface area contributed by atoms with Crippen LogP contribution in [-0.4, -0.2) is 61.4 Å². The molecular weight excluding hydrogens is 226 g/mol. The van der Waals surface area contributed by atoms with Crippen LogP contribution in [0.15, 0.2) is 12.1 Å². The molecule has 18 heavy (non-hydrogen) atoms. The van der Waals surface area contributed by atoms with E-state index >= 15 is 0 Å². The van der Waals surface area contributed by atoms with Crippen molar-refractivity contribution < 1.29 is 0 Å². The van der Waals surface area contributed by atoms with Gasteiger partial charge in [0.1, 0.15) is 0 Å². The van der Waals surface area contributed by atoms with Gasteiger partial charge in [0.05, 0.1) is 0 Å². The third kappa shape index (κ3) is 2.41. The van der Waals surface area contributed by atoms with Crippen molar-refractivity contribution >= 4 is 11.6 Å². The lowest BCUT2D eigenvalue weighted by Gasteiger charge is -2.33. The van der Waals surface area contributed by atoms with Crippen molar-refractivity contribution in [1.29, 1.82) is 0 Å². The van der Waals surface area contributed by atoms with Crippen molar-refractivity contribution in [1.82, 2.24) is 15.1 Å². The molecule has 0 N–H and O–H groups in total. The lowest BCUT2D eigenvalue weighted by Crippen LogP contribution is -2.44. The second-order valence-electron chi connectivity index (χ2n) is 5.23. The minimum Gasteiger partial charge on any atom is -0.355 e. The standard InChI is InChI=1S/C13H21N5/c1-16-8-10-18(11-9-16)13-5-4-12(14-15-13)17-6-2-3-7-17/h4-5H,2-3,6-11H2,1H3. The van der Waals surface area contributed by atoms with E-state index in [4.69, 9.17) is 0 Å². The Morgan fingerprint density at radius 1 is 0.778 bits per heavy atom. The van der Waals surface area contributed by atoms with E-state index in [0.717, 1.165) is 50.9 Å². The Labute approximate surface area is 108 Å². The van der Waals surface area contributed by atoms with Gasteiger partial charge in [-0.2, -0.15) is 0 Å². The fraction of sp³-hybridized carbons (Fsp3) is 0.692. The average Bonchev–Trinajstić information content (AvgIpc) is 2.94. The van der Waals surface area contributed by atoms with Crippen molar-refractivity contribution in [2.45, 2.75) is 12.8 Å². The molecule has 0 amide bonds. The van der Waals surface area contributed by atoms with Crippen molar-refractivity contribution in [3.8, 4) is 0 Å². The summed E-state index contributed by atoms with van der Waals surface area (Å²) in [6.45, 7) is 6.57. The van der Waals surface area contributed by atoms with Crippen LogP contribution in [-0.2, 0) is 0 Å². The summed E-state index contributed by atoms with van der Waals surface area (Å²) in [7, 11) is 2.17. The Morgan fingerprint density at radius 2 is 1.28 bits per heavy atom. The second kappa shape index (κ2) is 5.10. The first-order valence-electron chi connectivity index (χ1n) is 6.85. The van der Waals surface area contributed by atoms with Gasteiger partial charge >= 0.3 is 0 Å². The van der Waals surface area contributed by atoms with Gasteiger partial charge < -0.3 is 14.7 Å². The zero-order valence-corrected chi connectivity index (χ0v) is 11.0. The van der Waals surface area contributed by atoms with Gasteiger partial charge in [-0.3, -0.25) is 0 Å². The fourth-order valence-electron chi connectivity index (χ4n) is 2.64. The molecule has 0 unspecified atom stereocenters. The van der Waals surface area contributed by atoms with E-state index in [9.17, 15) is 0 Å². The first-order chi connectivity index (χ1) is 8.83. The summed E-state index contributed by atoms with van der Waals surface area (Å²) in [6.07, 6.45) is 2.56. The highest BCUT2D eigenvalue weighted by atomic mass is 15.3. The molecule has 3 rings (SSSR count). The number of likely N-dealkylation sites (N-methyl/N-ethyl adjacent to an activating group) is 1. The van der Waals surface area contributed by atoms with Gasteiger partial charge in [-0.25, -0.2) is 0 Å². The first kappa shape index (κ1) is 11.7. The maximum atomic E-state index is 4.39. The molecule has 0 radical (unpaired) electrons. The number of hydrogen-bond donors (Lipinski definition) is 0. The van der Waals surface area contributed by atoms with Crippen LogP contribution < -0.4 is 9.80 Å². The van der Waals surface area contributed by atoms with E-state index in [0.29, 0.717) is 0 Å². The molecule has 0 aromatic carbocycles. The highest BCUT2D eigenvalue weighted by Crippen LogP contribution is 2.19. The lowest BCUT2D eigenvalue weighted by atomic mass is 10.3. The fourth-order valence-corrected chi connectivity index (χ4v) is 2.64. The van der Waals surface area contributed by atoms with Crippen LogP contribution in [0.3, 0.4) is 0 Å². The number of anilines is 2. The Balaban J connectivity index is 1.67. The summed E-state index contributed by atoms with van der Waals surface area (Å²) in [5.74, 6) is 2.05. The third-order valence-electron chi connectivity index (χ3n) is 3.89. The molecule has 2 aliphatic heterocycles. The van der Waals surface area contributed by atoms with Crippen LogP contribution >= 0.6 is 0 Å². The number of aromatic nitrogens is 2. The van der Waals surface area contributed by atoms with Gasteiger partial charge in [-0.1, -0.05) is 0 Å². The van der Waals surface area contributed by atoms with Crippen LogP contribution in [0.4, 0.5) is 11.6 Å². The Kier molecular flexibility index (Phi) is 3.32. The maximum Gasteiger partial charge on any atom is 0.151 e. The van der Waals surface area contributed by atoms with E-state index < -0.39 is 0 Å². The van der Waals surface area contributed by atoms with E-state index in [1.165, 1.54) is 12.8 Å².